The first-order valence-corrected chi connectivity index (χ1v) is 9.59. The van der Waals surface area contributed by atoms with Crippen molar-refractivity contribution in [3.05, 3.63) is 71.8 Å². The molecule has 1 atom stereocenters. The van der Waals surface area contributed by atoms with Gasteiger partial charge < -0.3 is 20.7 Å². The Balaban J connectivity index is 1.97. The third kappa shape index (κ3) is 7.75. The molecule has 0 aliphatic rings. The number of nitrogens with one attached hydrogen (secondary N) is 3. The maximum Gasteiger partial charge on any atom is 0.329 e. The topological polar surface area (TPSA) is 114 Å². The highest BCUT2D eigenvalue weighted by Crippen LogP contribution is 2.07. The molecule has 0 aliphatic carbocycles. The first-order chi connectivity index (χ1) is 14.5. The Kier molecular flexibility index (Phi) is 9.05. The van der Waals surface area contributed by atoms with Crippen molar-refractivity contribution in [3.8, 4) is 0 Å². The number of hydrogen-bond donors (Lipinski definition) is 3. The van der Waals surface area contributed by atoms with E-state index in [-0.39, 0.29) is 18.9 Å². The zero-order valence-corrected chi connectivity index (χ0v) is 16.7. The van der Waals surface area contributed by atoms with Gasteiger partial charge in [-0.2, -0.15) is 0 Å². The molecule has 8 heteroatoms. The van der Waals surface area contributed by atoms with E-state index in [2.05, 4.69) is 16.0 Å². The minimum Gasteiger partial charge on any atom is -0.454 e. The number of hydrogen-bond acceptors (Lipinski definition) is 5. The Hall–Kier alpha value is -3.68. The summed E-state index contributed by atoms with van der Waals surface area (Å²) in [6.45, 7) is 1.46. The molecule has 8 nitrogen and oxygen atoms in total. The maximum absolute atomic E-state index is 12.6. The highest BCUT2D eigenvalue weighted by molar-refractivity contribution is 5.97. The molecule has 0 radical (unpaired) electrons. The second-order valence-electron chi connectivity index (χ2n) is 6.42. The van der Waals surface area contributed by atoms with Crippen LogP contribution in [0.1, 0.15) is 22.8 Å². The zero-order valence-electron chi connectivity index (χ0n) is 16.7. The minimum atomic E-state index is -0.976. The second kappa shape index (κ2) is 12.0. The van der Waals surface area contributed by atoms with Crippen molar-refractivity contribution < 1.29 is 23.9 Å². The highest BCUT2D eigenvalue weighted by atomic mass is 16.5. The summed E-state index contributed by atoms with van der Waals surface area (Å²) in [5, 5.41) is 7.56. The molecular weight excluding hydrogens is 386 g/mol. The Labute approximate surface area is 175 Å². The smallest absolute Gasteiger partial charge is 0.329 e. The number of amides is 3. The molecule has 158 valence electrons. The number of carbonyl (C=O) groups excluding carboxylic acids is 4. The Morgan fingerprint density at radius 1 is 0.867 bits per heavy atom. The van der Waals surface area contributed by atoms with Crippen LogP contribution in [0, 0.1) is 0 Å². The lowest BCUT2D eigenvalue weighted by molar-refractivity contribution is -0.150. The molecular formula is C22H25N3O5. The summed E-state index contributed by atoms with van der Waals surface area (Å²) in [7, 11) is 0. The summed E-state index contributed by atoms with van der Waals surface area (Å²) in [5.74, 6) is -2.11. The number of rotatable bonds is 10. The molecule has 0 spiro atoms. The van der Waals surface area contributed by atoms with Gasteiger partial charge in [0.15, 0.2) is 6.61 Å². The van der Waals surface area contributed by atoms with Gasteiger partial charge in [-0.3, -0.25) is 14.4 Å². The lowest BCUT2D eigenvalue weighted by atomic mass is 10.1. The molecule has 3 amide bonds. The van der Waals surface area contributed by atoms with Gasteiger partial charge in [0.1, 0.15) is 6.04 Å². The molecule has 30 heavy (non-hydrogen) atoms. The van der Waals surface area contributed by atoms with E-state index in [4.69, 9.17) is 4.74 Å². The fourth-order valence-electron chi connectivity index (χ4n) is 2.60. The van der Waals surface area contributed by atoms with E-state index in [0.29, 0.717) is 12.1 Å². The molecule has 0 saturated heterocycles. The molecule has 0 bridgehead atoms. The maximum atomic E-state index is 12.6. The van der Waals surface area contributed by atoms with Gasteiger partial charge in [0.05, 0.1) is 6.54 Å². The number of likely N-dealkylation sites (N-methyl/N-ethyl adjacent to an activating group) is 1. The number of esters is 1. The van der Waals surface area contributed by atoms with E-state index in [0.717, 1.165) is 5.56 Å². The van der Waals surface area contributed by atoms with Crippen LogP contribution in [0.2, 0.25) is 0 Å². The molecule has 2 aromatic rings. The van der Waals surface area contributed by atoms with E-state index in [9.17, 15) is 19.2 Å². The van der Waals surface area contributed by atoms with Crippen molar-refractivity contribution in [2.24, 2.45) is 0 Å². The highest BCUT2D eigenvalue weighted by Gasteiger charge is 2.24. The van der Waals surface area contributed by atoms with Crippen molar-refractivity contribution in [2.75, 3.05) is 19.7 Å². The van der Waals surface area contributed by atoms with E-state index in [1.54, 1.807) is 37.3 Å². The van der Waals surface area contributed by atoms with Gasteiger partial charge in [0.2, 0.25) is 5.91 Å². The van der Waals surface area contributed by atoms with Gasteiger partial charge in [-0.05, 0) is 24.6 Å². The average molecular weight is 411 g/mol. The van der Waals surface area contributed by atoms with Crippen LogP contribution in [0.3, 0.4) is 0 Å². The molecule has 0 fully saturated rings. The molecule has 3 N–H and O–H groups in total. The largest absolute Gasteiger partial charge is 0.454 e. The van der Waals surface area contributed by atoms with E-state index in [1.807, 2.05) is 30.3 Å². The molecule has 2 aromatic carbocycles. The summed E-state index contributed by atoms with van der Waals surface area (Å²) in [6.07, 6.45) is 0.207. The van der Waals surface area contributed by atoms with Crippen molar-refractivity contribution >= 4 is 23.7 Å². The van der Waals surface area contributed by atoms with Crippen molar-refractivity contribution in [1.82, 2.24) is 16.0 Å². The van der Waals surface area contributed by atoms with E-state index < -0.39 is 30.4 Å². The first kappa shape index (κ1) is 22.6. The third-order valence-electron chi connectivity index (χ3n) is 4.07. The molecule has 0 aromatic heterocycles. The second-order valence-corrected chi connectivity index (χ2v) is 6.42. The van der Waals surface area contributed by atoms with Crippen molar-refractivity contribution in [1.29, 1.82) is 0 Å². The minimum absolute atomic E-state index is 0.206. The van der Waals surface area contributed by atoms with Crippen LogP contribution in [0.5, 0.6) is 0 Å². The van der Waals surface area contributed by atoms with Crippen LogP contribution in [0.4, 0.5) is 0 Å². The van der Waals surface area contributed by atoms with Crippen molar-refractivity contribution in [3.63, 3.8) is 0 Å². The normalized spacial score (nSPS) is 11.1. The Morgan fingerprint density at radius 2 is 1.50 bits per heavy atom. The van der Waals surface area contributed by atoms with E-state index in [1.165, 1.54) is 0 Å². The lowest BCUT2D eigenvalue weighted by Gasteiger charge is -2.18. The summed E-state index contributed by atoms with van der Waals surface area (Å²) in [5.41, 5.74) is 1.23. The average Bonchev–Trinajstić information content (AvgIpc) is 2.77. The van der Waals surface area contributed by atoms with Crippen LogP contribution in [-0.2, 0) is 25.5 Å². The third-order valence-corrected chi connectivity index (χ3v) is 4.07. The predicted octanol–water partition coefficient (Wildman–Crippen LogP) is 0.823. The van der Waals surface area contributed by atoms with Gasteiger partial charge in [-0.25, -0.2) is 4.79 Å². The van der Waals surface area contributed by atoms with Crippen LogP contribution >= 0.6 is 0 Å². The number of ether oxygens (including phenoxy) is 1. The number of benzene rings is 2. The summed E-state index contributed by atoms with van der Waals surface area (Å²) in [4.78, 5) is 48.2. The van der Waals surface area contributed by atoms with Gasteiger partial charge in [0, 0.05) is 18.5 Å². The molecule has 2 rings (SSSR count). The van der Waals surface area contributed by atoms with Crippen LogP contribution in [0.15, 0.2) is 60.7 Å². The molecule has 0 heterocycles. The van der Waals surface area contributed by atoms with Crippen LogP contribution in [0.25, 0.3) is 0 Å². The van der Waals surface area contributed by atoms with Gasteiger partial charge in [-0.15, -0.1) is 0 Å². The predicted molar refractivity (Wildman–Crippen MR) is 110 cm³/mol. The molecule has 0 unspecified atom stereocenters. The Bertz CT molecular complexity index is 856. The first-order valence-electron chi connectivity index (χ1n) is 9.59. The van der Waals surface area contributed by atoms with Crippen LogP contribution in [-0.4, -0.2) is 49.4 Å². The van der Waals surface area contributed by atoms with Gasteiger partial charge in [-0.1, -0.05) is 48.5 Å². The van der Waals surface area contributed by atoms with Gasteiger partial charge >= 0.3 is 5.97 Å². The fourth-order valence-corrected chi connectivity index (χ4v) is 2.60. The van der Waals surface area contributed by atoms with Crippen molar-refractivity contribution in [2.45, 2.75) is 19.4 Å². The quantitative estimate of drug-likeness (QED) is 0.501. The van der Waals surface area contributed by atoms with Crippen LogP contribution < -0.4 is 16.0 Å². The summed E-state index contributed by atoms with van der Waals surface area (Å²) < 4.78 is 5.07. The number of carbonyl (C=O) groups is 4. The fraction of sp³-hybridized carbons (Fsp3) is 0.273. The summed E-state index contributed by atoms with van der Waals surface area (Å²) in [6, 6.07) is 16.7. The Morgan fingerprint density at radius 3 is 2.13 bits per heavy atom. The molecule has 0 saturated carbocycles. The lowest BCUT2D eigenvalue weighted by Crippen LogP contribution is -2.45. The summed E-state index contributed by atoms with van der Waals surface area (Å²) >= 11 is 0. The molecule has 0 aliphatic heterocycles. The zero-order chi connectivity index (χ0) is 21.8. The standard InChI is InChI=1S/C22H25N3O5/c1-2-23-19(26)14-24-20(27)15-30-22(29)18(13-16-9-5-3-6-10-16)25-21(28)17-11-7-4-8-12-17/h3-12,18H,2,13-15H2,1H3,(H,23,26)(H,24,27)(H,25,28)/t18-/m0/s1. The SMILES string of the molecule is CCNC(=O)CNC(=O)COC(=O)[C@H](Cc1ccccc1)NC(=O)c1ccccc1. The van der Waals surface area contributed by atoms with E-state index >= 15 is 0 Å². The monoisotopic (exact) mass is 411 g/mol. The van der Waals surface area contributed by atoms with Gasteiger partial charge in [0.25, 0.3) is 11.8 Å².